The zero-order chi connectivity index (χ0) is 35.9. The van der Waals surface area contributed by atoms with Crippen LogP contribution in [0.3, 0.4) is 0 Å². The number of para-hydroxylation sites is 1. The summed E-state index contributed by atoms with van der Waals surface area (Å²) in [5, 5.41) is 20.5. The van der Waals surface area contributed by atoms with Gasteiger partial charge in [-0.25, -0.2) is 4.98 Å². The number of aliphatic hydroxyl groups excluding tert-OH is 1. The van der Waals surface area contributed by atoms with Gasteiger partial charge in [-0.3, -0.25) is 24.0 Å². The lowest BCUT2D eigenvalue weighted by molar-refractivity contribution is -0.148. The van der Waals surface area contributed by atoms with Crippen molar-refractivity contribution in [3.05, 3.63) is 72.3 Å². The van der Waals surface area contributed by atoms with Gasteiger partial charge in [-0.1, -0.05) is 48.5 Å². The van der Waals surface area contributed by atoms with Crippen molar-refractivity contribution in [3.63, 3.8) is 0 Å². The quantitative estimate of drug-likeness (QED) is 0.177. The summed E-state index contributed by atoms with van der Waals surface area (Å²) in [6, 6.07) is 16.1. The van der Waals surface area contributed by atoms with Crippen LogP contribution < -0.4 is 26.4 Å². The second kappa shape index (κ2) is 15.7. The fraction of sp³-hybridized carbons (Fsp3) is 0.429. The Morgan fingerprint density at radius 3 is 2.37 bits per heavy atom. The summed E-state index contributed by atoms with van der Waals surface area (Å²) < 4.78 is 4.87. The number of ether oxygens (including phenoxy) is 1. The van der Waals surface area contributed by atoms with E-state index in [1.807, 2.05) is 52.8 Å². The molecule has 14 heteroatoms. The number of primary amides is 1. The van der Waals surface area contributed by atoms with Crippen LogP contribution >= 0.6 is 11.8 Å². The summed E-state index contributed by atoms with van der Waals surface area (Å²) in [6.07, 6.45) is -2.31. The minimum Gasteiger partial charge on any atom is -0.468 e. The summed E-state index contributed by atoms with van der Waals surface area (Å²) in [6.45, 7) is 8.69. The van der Waals surface area contributed by atoms with Crippen LogP contribution in [0.1, 0.15) is 46.6 Å². The van der Waals surface area contributed by atoms with Gasteiger partial charge in [0, 0.05) is 21.7 Å². The number of aliphatic hydroxyl groups is 1. The molecule has 6 N–H and O–H groups in total. The minimum absolute atomic E-state index is 0.0245. The first kappa shape index (κ1) is 37.1. The molecule has 1 fully saturated rings. The number of thioether (sulfide) groups is 1. The zero-order valence-corrected chi connectivity index (χ0v) is 29.1. The molecule has 5 amide bonds. The maximum atomic E-state index is 13.9. The number of benzene rings is 2. The highest BCUT2D eigenvalue weighted by Crippen LogP contribution is 2.40. The number of hydrogen-bond donors (Lipinski definition) is 5. The van der Waals surface area contributed by atoms with Gasteiger partial charge in [-0.2, -0.15) is 0 Å². The summed E-state index contributed by atoms with van der Waals surface area (Å²) in [5.41, 5.74) is 6.23. The number of amides is 5. The van der Waals surface area contributed by atoms with Gasteiger partial charge in [0.25, 0.3) is 11.8 Å². The first-order valence-electron chi connectivity index (χ1n) is 15.9. The third-order valence-electron chi connectivity index (χ3n) is 7.82. The van der Waals surface area contributed by atoms with E-state index >= 15 is 0 Å². The van der Waals surface area contributed by atoms with Gasteiger partial charge in [0.15, 0.2) is 12.7 Å². The van der Waals surface area contributed by atoms with E-state index in [1.165, 1.54) is 16.7 Å². The van der Waals surface area contributed by atoms with Gasteiger partial charge in [-0.15, -0.1) is 11.8 Å². The van der Waals surface area contributed by atoms with Crippen LogP contribution in [-0.4, -0.2) is 91.5 Å². The molecule has 0 aliphatic carbocycles. The monoisotopic (exact) mass is 692 g/mol. The predicted octanol–water partition coefficient (Wildman–Crippen LogP) is 1.66. The van der Waals surface area contributed by atoms with Gasteiger partial charge in [0.2, 0.25) is 23.6 Å². The number of carbonyl (C=O) groups is 5. The molecular weight excluding hydrogens is 648 g/mol. The number of nitrogens with zero attached hydrogens (tertiary/aromatic N) is 2. The van der Waals surface area contributed by atoms with Crippen LogP contribution in [-0.2, 0) is 30.4 Å². The van der Waals surface area contributed by atoms with Crippen LogP contribution in [0.5, 0.6) is 5.88 Å². The predicted molar refractivity (Wildman–Crippen MR) is 186 cm³/mol. The number of nitrogens with one attached hydrogen (secondary N) is 3. The molecule has 13 nitrogen and oxygen atoms in total. The second-order valence-corrected chi connectivity index (χ2v) is 15.1. The highest BCUT2D eigenvalue weighted by molar-refractivity contribution is 8.00. The topological polar surface area (TPSA) is 193 Å². The molecule has 1 aromatic heterocycles. The largest absolute Gasteiger partial charge is 0.468 e. The Balaban J connectivity index is 1.51. The zero-order valence-electron chi connectivity index (χ0n) is 28.3. The molecule has 4 rings (SSSR count). The molecular formula is C35H44N6O7S. The van der Waals surface area contributed by atoms with Crippen molar-refractivity contribution in [2.75, 3.05) is 12.5 Å². The number of rotatable bonds is 13. The lowest BCUT2D eigenvalue weighted by Crippen LogP contribution is -2.61. The van der Waals surface area contributed by atoms with E-state index in [0.29, 0.717) is 11.1 Å². The molecule has 49 heavy (non-hydrogen) atoms. The second-order valence-electron chi connectivity index (χ2n) is 13.5. The fourth-order valence-corrected chi connectivity index (χ4v) is 6.64. The third-order valence-corrected chi connectivity index (χ3v) is 9.19. The van der Waals surface area contributed by atoms with E-state index in [-0.39, 0.29) is 24.1 Å². The Kier molecular flexibility index (Phi) is 11.9. The number of carbonyl (C=O) groups excluding carboxylic acids is 5. The van der Waals surface area contributed by atoms with Crippen LogP contribution in [0.25, 0.3) is 10.9 Å². The van der Waals surface area contributed by atoms with Crippen LogP contribution in [0.15, 0.2) is 66.7 Å². The molecule has 0 unspecified atom stereocenters. The van der Waals surface area contributed by atoms with Crippen LogP contribution in [0, 0.1) is 0 Å². The van der Waals surface area contributed by atoms with Gasteiger partial charge in [0.05, 0.1) is 23.9 Å². The summed E-state index contributed by atoms with van der Waals surface area (Å²) >= 11 is 1.40. The Morgan fingerprint density at radius 1 is 1.02 bits per heavy atom. The summed E-state index contributed by atoms with van der Waals surface area (Å²) in [7, 11) is 0. The molecule has 1 aliphatic heterocycles. The number of nitrogens with two attached hydrogens (primary N) is 1. The Morgan fingerprint density at radius 2 is 1.69 bits per heavy atom. The molecule has 3 aromatic rings. The minimum atomic E-state index is -1.78. The molecule has 0 bridgehead atoms. The number of pyridine rings is 1. The van der Waals surface area contributed by atoms with E-state index in [0.717, 1.165) is 5.39 Å². The normalized spacial score (nSPS) is 17.4. The van der Waals surface area contributed by atoms with E-state index in [1.54, 1.807) is 48.5 Å². The van der Waals surface area contributed by atoms with Crippen molar-refractivity contribution in [1.29, 1.82) is 0 Å². The fourth-order valence-electron chi connectivity index (χ4n) is 5.50. The molecule has 2 heterocycles. The van der Waals surface area contributed by atoms with Crippen LogP contribution in [0.4, 0.5) is 0 Å². The summed E-state index contributed by atoms with van der Waals surface area (Å²) in [5.74, 6) is -3.22. The smallest absolute Gasteiger partial charge is 0.258 e. The van der Waals surface area contributed by atoms with E-state index in [4.69, 9.17) is 10.5 Å². The number of aromatic nitrogens is 1. The first-order chi connectivity index (χ1) is 23.0. The molecule has 2 aromatic carbocycles. The maximum Gasteiger partial charge on any atom is 0.258 e. The molecule has 0 radical (unpaired) electrons. The average molecular weight is 693 g/mol. The Labute approximate surface area is 289 Å². The lowest BCUT2D eigenvalue weighted by atomic mass is 9.96. The van der Waals surface area contributed by atoms with Crippen molar-refractivity contribution in [3.8, 4) is 5.88 Å². The van der Waals surface area contributed by atoms with Crippen molar-refractivity contribution in [2.24, 2.45) is 5.73 Å². The van der Waals surface area contributed by atoms with Crippen molar-refractivity contribution in [1.82, 2.24) is 25.8 Å². The van der Waals surface area contributed by atoms with E-state index in [2.05, 4.69) is 20.9 Å². The molecule has 1 aliphatic rings. The number of hydrogen-bond acceptors (Lipinski definition) is 9. The van der Waals surface area contributed by atoms with Crippen molar-refractivity contribution in [2.45, 2.75) is 82.0 Å². The summed E-state index contributed by atoms with van der Waals surface area (Å²) in [4.78, 5) is 71.4. The molecule has 1 saturated heterocycles. The first-order valence-corrected chi connectivity index (χ1v) is 16.9. The van der Waals surface area contributed by atoms with Crippen molar-refractivity contribution >= 4 is 52.2 Å². The van der Waals surface area contributed by atoms with Gasteiger partial charge >= 0.3 is 0 Å². The number of fused-ring (bicyclic) bond motifs is 1. The van der Waals surface area contributed by atoms with Gasteiger partial charge in [0.1, 0.15) is 12.1 Å². The van der Waals surface area contributed by atoms with Gasteiger partial charge < -0.3 is 36.4 Å². The molecule has 262 valence electrons. The van der Waals surface area contributed by atoms with Crippen molar-refractivity contribution < 1.29 is 33.8 Å². The third kappa shape index (κ3) is 10.2. The van der Waals surface area contributed by atoms with E-state index in [9.17, 15) is 29.1 Å². The maximum absolute atomic E-state index is 13.9. The van der Waals surface area contributed by atoms with Crippen LogP contribution in [0.2, 0.25) is 0 Å². The van der Waals surface area contributed by atoms with E-state index < -0.39 is 71.2 Å². The highest BCUT2D eigenvalue weighted by atomic mass is 32.2. The molecule has 0 spiro atoms. The standard InChI is InChI=1S/C35H44N6O7S/c1-34(2,3)40-32(46)30-35(4,5)49-20-41(30)33(47)29(44)24(17-21-11-7-6-8-12-21)39-31(45)25(18-26(36)42)37-27(43)19-48-28-16-15-22-13-9-10-14-23(22)38-28/h6-16,24-25,29-30,44H,17-20H2,1-5H3,(H2,36,42)(H,37,43)(H,39,45)(H,40,46)/t24-,25-,29-,30+/m0/s1. The SMILES string of the molecule is CC(C)(C)NC(=O)[C@H]1N(C(=O)[C@@H](O)[C@H](Cc2ccccc2)NC(=O)[C@H](CC(N)=O)NC(=O)COc2ccc3ccccc3n2)CSC1(C)C. The Hall–Kier alpha value is -4.69. The molecule has 0 saturated carbocycles. The Bertz CT molecular complexity index is 1680. The molecule has 4 atom stereocenters. The highest BCUT2D eigenvalue weighted by Gasteiger charge is 2.50. The lowest BCUT2D eigenvalue weighted by Gasteiger charge is -2.35. The average Bonchev–Trinajstić information content (AvgIpc) is 3.36. The van der Waals surface area contributed by atoms with Gasteiger partial charge in [-0.05, 0) is 58.7 Å².